The van der Waals surface area contributed by atoms with Crippen LogP contribution in [-0.4, -0.2) is 33.9 Å². The van der Waals surface area contributed by atoms with Gasteiger partial charge in [-0.25, -0.2) is 4.79 Å². The van der Waals surface area contributed by atoms with Crippen molar-refractivity contribution in [2.45, 2.75) is 13.5 Å². The third-order valence-corrected chi connectivity index (χ3v) is 3.74. The summed E-state index contributed by atoms with van der Waals surface area (Å²) in [5.74, 6) is 1.74. The van der Waals surface area contributed by atoms with Crippen molar-refractivity contribution in [2.24, 2.45) is 0 Å². The topological polar surface area (TPSA) is 63.2 Å². The quantitative estimate of drug-likeness (QED) is 0.623. The van der Waals surface area contributed by atoms with Gasteiger partial charge in [-0.1, -0.05) is 24.3 Å². The van der Waals surface area contributed by atoms with Crippen LogP contribution in [0.5, 0.6) is 23.0 Å². The summed E-state index contributed by atoms with van der Waals surface area (Å²) in [4.78, 5) is 12.0. The van der Waals surface area contributed by atoms with Crippen molar-refractivity contribution in [2.75, 3.05) is 27.9 Å². The Balaban J connectivity index is 1.91. The zero-order valence-electron chi connectivity index (χ0n) is 16.0. The van der Waals surface area contributed by atoms with Gasteiger partial charge in [0.15, 0.2) is 29.6 Å². The summed E-state index contributed by atoms with van der Waals surface area (Å²) < 4.78 is 26.5. The van der Waals surface area contributed by atoms with Crippen LogP contribution in [0.4, 0.5) is 0 Å². The van der Waals surface area contributed by atoms with Crippen LogP contribution in [0.2, 0.25) is 0 Å². The molecule has 0 saturated heterocycles. The molecule has 0 fully saturated rings. The molecule has 0 aliphatic heterocycles. The van der Waals surface area contributed by atoms with E-state index < -0.39 is 5.97 Å². The molecule has 27 heavy (non-hydrogen) atoms. The first-order valence-corrected chi connectivity index (χ1v) is 8.41. The summed E-state index contributed by atoms with van der Waals surface area (Å²) in [6, 6.07) is 10.8. The minimum Gasteiger partial charge on any atom is -0.493 e. The molecule has 0 amide bonds. The van der Waals surface area contributed by atoms with Gasteiger partial charge in [0, 0.05) is 0 Å². The molecular formula is C21H24O6. The van der Waals surface area contributed by atoms with Crippen LogP contribution in [0.1, 0.15) is 18.1 Å². The van der Waals surface area contributed by atoms with Crippen molar-refractivity contribution >= 4 is 12.0 Å². The maximum Gasteiger partial charge on any atom is 0.344 e. The van der Waals surface area contributed by atoms with E-state index in [0.717, 1.165) is 11.1 Å². The Labute approximate surface area is 159 Å². The Hall–Kier alpha value is -3.15. The number of rotatable bonds is 9. The van der Waals surface area contributed by atoms with Gasteiger partial charge in [0.25, 0.3) is 0 Å². The van der Waals surface area contributed by atoms with Gasteiger partial charge in [-0.2, -0.15) is 0 Å². The average Bonchev–Trinajstić information content (AvgIpc) is 2.71. The molecule has 2 rings (SSSR count). The van der Waals surface area contributed by atoms with E-state index in [4.69, 9.17) is 23.7 Å². The highest BCUT2D eigenvalue weighted by Gasteiger charge is 2.10. The zero-order chi connectivity index (χ0) is 19.6. The summed E-state index contributed by atoms with van der Waals surface area (Å²) in [5.41, 5.74) is 1.77. The van der Waals surface area contributed by atoms with Crippen LogP contribution < -0.4 is 18.9 Å². The Kier molecular flexibility index (Phi) is 7.55. The molecule has 0 spiro atoms. The number of benzene rings is 2. The molecule has 0 unspecified atom stereocenters. The highest BCUT2D eigenvalue weighted by Crippen LogP contribution is 2.29. The number of ether oxygens (including phenoxy) is 5. The second-order valence-electron chi connectivity index (χ2n) is 5.55. The van der Waals surface area contributed by atoms with Crippen molar-refractivity contribution in [3.63, 3.8) is 0 Å². The van der Waals surface area contributed by atoms with Crippen LogP contribution >= 0.6 is 0 Å². The number of esters is 1. The van der Waals surface area contributed by atoms with Crippen molar-refractivity contribution in [1.29, 1.82) is 0 Å². The second-order valence-corrected chi connectivity index (χ2v) is 5.55. The molecule has 0 radical (unpaired) electrons. The molecule has 0 aromatic heterocycles. The average molecular weight is 372 g/mol. The fraction of sp³-hybridized carbons (Fsp3) is 0.286. The molecule has 0 saturated carbocycles. The van der Waals surface area contributed by atoms with Crippen LogP contribution in [-0.2, 0) is 16.1 Å². The monoisotopic (exact) mass is 372 g/mol. The first-order chi connectivity index (χ1) is 13.1. The van der Waals surface area contributed by atoms with Crippen LogP contribution in [0, 0.1) is 0 Å². The summed E-state index contributed by atoms with van der Waals surface area (Å²) in [6.07, 6.45) is 3.88. The van der Waals surface area contributed by atoms with Gasteiger partial charge in [-0.15, -0.1) is 0 Å². The predicted molar refractivity (Wildman–Crippen MR) is 103 cm³/mol. The normalized spacial score (nSPS) is 10.5. The molecule has 0 heterocycles. The number of carbonyl (C=O) groups is 1. The zero-order valence-corrected chi connectivity index (χ0v) is 16.0. The number of allylic oxidation sites excluding steroid dienone is 1. The highest BCUT2D eigenvalue weighted by molar-refractivity contribution is 5.71. The molecule has 0 N–H and O–H groups in total. The largest absolute Gasteiger partial charge is 0.493 e. The maximum atomic E-state index is 12.0. The number of hydrogen-bond acceptors (Lipinski definition) is 6. The molecule has 0 bridgehead atoms. The van der Waals surface area contributed by atoms with E-state index in [2.05, 4.69) is 0 Å². The molecule has 0 atom stereocenters. The molecular weight excluding hydrogens is 348 g/mol. The molecule has 144 valence electrons. The number of methoxy groups -OCH3 is 3. The van der Waals surface area contributed by atoms with Gasteiger partial charge >= 0.3 is 5.97 Å². The number of hydrogen-bond donors (Lipinski definition) is 0. The van der Waals surface area contributed by atoms with Gasteiger partial charge < -0.3 is 23.7 Å². The Bertz CT molecular complexity index is 797. The van der Waals surface area contributed by atoms with E-state index in [9.17, 15) is 4.79 Å². The third kappa shape index (κ3) is 5.67. The summed E-state index contributed by atoms with van der Waals surface area (Å²) >= 11 is 0. The first-order valence-electron chi connectivity index (χ1n) is 8.41. The maximum absolute atomic E-state index is 12.0. The van der Waals surface area contributed by atoms with Crippen molar-refractivity contribution in [3.05, 3.63) is 53.6 Å². The van der Waals surface area contributed by atoms with Crippen LogP contribution in [0.15, 0.2) is 42.5 Å². The summed E-state index contributed by atoms with van der Waals surface area (Å²) in [6.45, 7) is 1.83. The van der Waals surface area contributed by atoms with Crippen molar-refractivity contribution < 1.29 is 28.5 Å². The summed E-state index contributed by atoms with van der Waals surface area (Å²) in [5, 5.41) is 0. The molecule has 6 nitrogen and oxygen atoms in total. The van der Waals surface area contributed by atoms with Crippen molar-refractivity contribution in [3.8, 4) is 23.0 Å². The Morgan fingerprint density at radius 3 is 2.22 bits per heavy atom. The molecule has 6 heteroatoms. The lowest BCUT2D eigenvalue weighted by Crippen LogP contribution is -2.15. The molecule has 0 aliphatic rings. The SMILES string of the molecule is C/C=C/c1ccc(OCC(=O)OCc2ccc(OC)c(OC)c2)c(OC)c1. The standard InChI is InChI=1S/C21H24O6/c1-5-6-15-7-10-18(20(11-15)25-4)26-14-21(22)27-13-16-8-9-17(23-2)19(12-16)24-3/h5-12H,13-14H2,1-4H3/b6-5+. The minimum absolute atomic E-state index is 0.111. The lowest BCUT2D eigenvalue weighted by molar-refractivity contribution is -0.147. The smallest absolute Gasteiger partial charge is 0.344 e. The van der Waals surface area contributed by atoms with Gasteiger partial charge in [-0.05, 0) is 42.3 Å². The molecule has 2 aromatic carbocycles. The predicted octanol–water partition coefficient (Wildman–Crippen LogP) is 3.87. The number of carbonyl (C=O) groups excluding carboxylic acids is 1. The van der Waals surface area contributed by atoms with Crippen LogP contribution in [0.3, 0.4) is 0 Å². The first kappa shape index (κ1) is 20.2. The third-order valence-electron chi connectivity index (χ3n) is 3.74. The van der Waals surface area contributed by atoms with Gasteiger partial charge in [0.1, 0.15) is 6.61 Å². The lowest BCUT2D eigenvalue weighted by atomic mass is 10.2. The van der Waals surface area contributed by atoms with Gasteiger partial charge in [-0.3, -0.25) is 0 Å². The van der Waals surface area contributed by atoms with Crippen molar-refractivity contribution in [1.82, 2.24) is 0 Å². The van der Waals surface area contributed by atoms with Crippen LogP contribution in [0.25, 0.3) is 6.08 Å². The summed E-state index contributed by atoms with van der Waals surface area (Å²) in [7, 11) is 4.67. The Morgan fingerprint density at radius 1 is 0.889 bits per heavy atom. The lowest BCUT2D eigenvalue weighted by Gasteiger charge is -2.12. The minimum atomic E-state index is -0.482. The van der Waals surface area contributed by atoms with E-state index in [1.165, 1.54) is 0 Å². The molecule has 2 aromatic rings. The van der Waals surface area contributed by atoms with E-state index in [0.29, 0.717) is 23.0 Å². The Morgan fingerprint density at radius 2 is 1.56 bits per heavy atom. The second kappa shape index (κ2) is 10.1. The van der Waals surface area contributed by atoms with E-state index in [-0.39, 0.29) is 13.2 Å². The highest BCUT2D eigenvalue weighted by atomic mass is 16.6. The van der Waals surface area contributed by atoms with Gasteiger partial charge in [0.05, 0.1) is 21.3 Å². The van der Waals surface area contributed by atoms with E-state index in [1.54, 1.807) is 45.6 Å². The van der Waals surface area contributed by atoms with Gasteiger partial charge in [0.2, 0.25) is 0 Å². The molecule has 0 aliphatic carbocycles. The fourth-order valence-corrected chi connectivity index (χ4v) is 2.41. The fourth-order valence-electron chi connectivity index (χ4n) is 2.41. The van der Waals surface area contributed by atoms with E-state index >= 15 is 0 Å². The van der Waals surface area contributed by atoms with E-state index in [1.807, 2.05) is 31.2 Å².